The quantitative estimate of drug-likeness (QED) is 0.751. The molecular formula is C17H24N2O4. The zero-order chi connectivity index (χ0) is 17.2. The summed E-state index contributed by atoms with van der Waals surface area (Å²) in [6, 6.07) is 7.41. The summed E-state index contributed by atoms with van der Waals surface area (Å²) in [5, 5.41) is 21.2. The number of aryl methyl sites for hydroxylation is 1. The number of aliphatic carboxylic acids is 1. The number of carboxylic acid groups (broad SMARTS) is 1. The Bertz CT molecular complexity index is 604. The van der Waals surface area contributed by atoms with Crippen molar-refractivity contribution in [1.82, 2.24) is 10.2 Å². The summed E-state index contributed by atoms with van der Waals surface area (Å²) in [4.78, 5) is 26.1. The number of benzene rings is 1. The normalized spacial score (nSPS) is 27.8. The average molecular weight is 320 g/mol. The molecule has 1 fully saturated rings. The van der Waals surface area contributed by atoms with Gasteiger partial charge in [0.15, 0.2) is 0 Å². The Morgan fingerprint density at radius 2 is 2.04 bits per heavy atom. The van der Waals surface area contributed by atoms with Gasteiger partial charge in [0.1, 0.15) is 5.54 Å². The van der Waals surface area contributed by atoms with Crippen molar-refractivity contribution in [3.8, 4) is 0 Å². The van der Waals surface area contributed by atoms with Crippen molar-refractivity contribution in [2.45, 2.75) is 31.8 Å². The summed E-state index contributed by atoms with van der Waals surface area (Å²) in [5.41, 5.74) is 0.886. The van der Waals surface area contributed by atoms with Gasteiger partial charge in [0.2, 0.25) is 5.91 Å². The predicted octanol–water partition coefficient (Wildman–Crippen LogP) is 0.940. The van der Waals surface area contributed by atoms with Crippen molar-refractivity contribution in [3.05, 3.63) is 35.4 Å². The number of rotatable bonds is 5. The van der Waals surface area contributed by atoms with E-state index in [4.69, 9.17) is 5.11 Å². The molecule has 0 aliphatic carbocycles. The second-order valence-corrected chi connectivity index (χ2v) is 6.32. The van der Waals surface area contributed by atoms with Gasteiger partial charge in [0.05, 0.1) is 12.5 Å². The molecule has 0 spiro atoms. The molecule has 23 heavy (non-hydrogen) atoms. The summed E-state index contributed by atoms with van der Waals surface area (Å²) in [7, 11) is 1.75. The fourth-order valence-electron chi connectivity index (χ4n) is 3.39. The minimum Gasteiger partial charge on any atom is -0.480 e. The van der Waals surface area contributed by atoms with Crippen LogP contribution in [0.1, 0.15) is 30.5 Å². The number of nitrogens with zero attached hydrogens (tertiary/aromatic N) is 1. The van der Waals surface area contributed by atoms with Crippen LogP contribution in [-0.2, 0) is 9.59 Å². The second kappa shape index (κ2) is 6.68. The highest BCUT2D eigenvalue weighted by Gasteiger charge is 2.54. The summed E-state index contributed by atoms with van der Waals surface area (Å²) < 4.78 is 0. The fourth-order valence-corrected chi connectivity index (χ4v) is 3.39. The lowest BCUT2D eigenvalue weighted by Gasteiger charge is -2.32. The van der Waals surface area contributed by atoms with Gasteiger partial charge in [-0.2, -0.15) is 0 Å². The van der Waals surface area contributed by atoms with E-state index in [1.54, 1.807) is 18.9 Å². The molecule has 1 aliphatic heterocycles. The van der Waals surface area contributed by atoms with Crippen molar-refractivity contribution < 1.29 is 19.8 Å². The molecule has 2 rings (SSSR count). The van der Waals surface area contributed by atoms with Crippen LogP contribution >= 0.6 is 0 Å². The number of carbonyl (C=O) groups excluding carboxylic acids is 1. The van der Waals surface area contributed by atoms with Crippen molar-refractivity contribution >= 4 is 11.9 Å². The number of hydrogen-bond donors (Lipinski definition) is 3. The number of carbonyl (C=O) groups is 2. The van der Waals surface area contributed by atoms with Gasteiger partial charge in [-0.1, -0.05) is 24.3 Å². The Labute approximate surface area is 136 Å². The third-order valence-corrected chi connectivity index (χ3v) is 4.91. The molecule has 0 aromatic heterocycles. The summed E-state index contributed by atoms with van der Waals surface area (Å²) >= 11 is 0. The first kappa shape index (κ1) is 17.4. The number of aliphatic hydroxyl groups excluding tert-OH is 1. The van der Waals surface area contributed by atoms with Crippen LogP contribution < -0.4 is 5.32 Å². The Kier molecular flexibility index (Phi) is 5.06. The highest BCUT2D eigenvalue weighted by Crippen LogP contribution is 2.46. The van der Waals surface area contributed by atoms with Gasteiger partial charge < -0.3 is 15.5 Å². The van der Waals surface area contributed by atoms with Crippen molar-refractivity contribution in [2.24, 2.45) is 5.92 Å². The monoisotopic (exact) mass is 320 g/mol. The largest absolute Gasteiger partial charge is 0.480 e. The molecule has 1 amide bonds. The number of hydrogen-bond acceptors (Lipinski definition) is 4. The number of carboxylic acids is 1. The molecule has 1 saturated heterocycles. The van der Waals surface area contributed by atoms with Crippen molar-refractivity contribution in [2.75, 3.05) is 20.2 Å². The molecule has 3 atom stereocenters. The Balaban J connectivity index is 2.43. The lowest BCUT2D eigenvalue weighted by atomic mass is 9.88. The number of nitrogens with one attached hydrogen (secondary N) is 1. The van der Waals surface area contributed by atoms with E-state index in [2.05, 4.69) is 5.32 Å². The topological polar surface area (TPSA) is 89.9 Å². The van der Waals surface area contributed by atoms with Crippen LogP contribution in [0.2, 0.25) is 0 Å². The molecule has 1 aromatic rings. The van der Waals surface area contributed by atoms with Gasteiger partial charge in [-0.3, -0.25) is 14.5 Å². The predicted molar refractivity (Wildman–Crippen MR) is 85.9 cm³/mol. The molecule has 1 aliphatic rings. The summed E-state index contributed by atoms with van der Waals surface area (Å²) in [6.07, 6.45) is 0.231. The number of likely N-dealkylation sites (N-methyl/N-ethyl adjacent to an activating group) is 1. The highest BCUT2D eigenvalue weighted by atomic mass is 16.4. The smallest absolute Gasteiger partial charge is 0.323 e. The van der Waals surface area contributed by atoms with E-state index in [-0.39, 0.29) is 31.5 Å². The van der Waals surface area contributed by atoms with E-state index in [0.29, 0.717) is 0 Å². The van der Waals surface area contributed by atoms with E-state index in [9.17, 15) is 14.7 Å². The van der Waals surface area contributed by atoms with E-state index >= 15 is 0 Å². The van der Waals surface area contributed by atoms with Crippen LogP contribution in [0, 0.1) is 12.8 Å². The van der Waals surface area contributed by atoms with E-state index in [0.717, 1.165) is 11.1 Å². The molecule has 126 valence electrons. The second-order valence-electron chi connectivity index (χ2n) is 6.32. The van der Waals surface area contributed by atoms with Gasteiger partial charge in [-0.15, -0.1) is 0 Å². The first-order valence-corrected chi connectivity index (χ1v) is 7.73. The maximum absolute atomic E-state index is 12.5. The minimum absolute atomic E-state index is 0.139. The molecule has 6 heteroatoms. The number of likely N-dealkylation sites (tertiary alicyclic amines) is 1. The molecular weight excluding hydrogens is 296 g/mol. The zero-order valence-electron chi connectivity index (χ0n) is 13.7. The third-order valence-electron chi connectivity index (χ3n) is 4.91. The SMILES string of the molecule is Cc1ccccc1[C@@H]1[C@H](C(=O)NCCO)C[C@](C)(C(=O)O)N1C. The summed E-state index contributed by atoms with van der Waals surface area (Å²) in [5.74, 6) is -1.63. The fraction of sp³-hybridized carbons (Fsp3) is 0.529. The Morgan fingerprint density at radius 3 is 2.61 bits per heavy atom. The zero-order valence-corrected chi connectivity index (χ0v) is 13.7. The molecule has 0 unspecified atom stereocenters. The van der Waals surface area contributed by atoms with E-state index in [1.165, 1.54) is 0 Å². The van der Waals surface area contributed by atoms with Crippen LogP contribution in [-0.4, -0.2) is 52.7 Å². The van der Waals surface area contributed by atoms with E-state index in [1.807, 2.05) is 31.2 Å². The molecule has 1 aromatic carbocycles. The van der Waals surface area contributed by atoms with E-state index < -0.39 is 17.4 Å². The van der Waals surface area contributed by atoms with Crippen molar-refractivity contribution in [3.63, 3.8) is 0 Å². The van der Waals surface area contributed by atoms with Crippen molar-refractivity contribution in [1.29, 1.82) is 0 Å². The summed E-state index contributed by atoms with van der Waals surface area (Å²) in [6.45, 7) is 3.64. The Hall–Kier alpha value is -1.92. The standard InChI is InChI=1S/C17H24N2O4/c1-11-6-4-5-7-12(11)14-13(15(21)18-8-9-20)10-17(2,16(22)23)19(14)3/h4-7,13-14,20H,8-10H2,1-3H3,(H,18,21)(H,22,23)/t13-,14-,17-/m1/s1. The first-order chi connectivity index (χ1) is 10.8. The van der Waals surface area contributed by atoms with Crippen LogP contribution in [0.4, 0.5) is 0 Å². The third kappa shape index (κ3) is 3.09. The van der Waals surface area contributed by atoms with Gasteiger partial charge in [0, 0.05) is 12.6 Å². The maximum Gasteiger partial charge on any atom is 0.323 e. The van der Waals surface area contributed by atoms with Gasteiger partial charge >= 0.3 is 5.97 Å². The molecule has 0 bridgehead atoms. The van der Waals surface area contributed by atoms with Gasteiger partial charge in [-0.25, -0.2) is 0 Å². The number of amides is 1. The molecule has 0 radical (unpaired) electrons. The minimum atomic E-state index is -1.10. The van der Waals surface area contributed by atoms with Gasteiger partial charge in [-0.05, 0) is 38.4 Å². The lowest BCUT2D eigenvalue weighted by Crippen LogP contribution is -2.46. The maximum atomic E-state index is 12.5. The average Bonchev–Trinajstić information content (AvgIpc) is 2.79. The van der Waals surface area contributed by atoms with Crippen LogP contribution in [0.15, 0.2) is 24.3 Å². The number of aliphatic hydroxyl groups is 1. The molecule has 1 heterocycles. The molecule has 3 N–H and O–H groups in total. The lowest BCUT2D eigenvalue weighted by molar-refractivity contribution is -0.148. The van der Waals surface area contributed by atoms with Crippen LogP contribution in [0.3, 0.4) is 0 Å². The van der Waals surface area contributed by atoms with Crippen LogP contribution in [0.25, 0.3) is 0 Å². The Morgan fingerprint density at radius 1 is 1.39 bits per heavy atom. The van der Waals surface area contributed by atoms with Crippen LogP contribution in [0.5, 0.6) is 0 Å². The highest BCUT2D eigenvalue weighted by molar-refractivity contribution is 5.85. The molecule has 0 saturated carbocycles. The first-order valence-electron chi connectivity index (χ1n) is 7.73. The van der Waals surface area contributed by atoms with Gasteiger partial charge in [0.25, 0.3) is 0 Å². The molecule has 6 nitrogen and oxygen atoms in total.